The Bertz CT molecular complexity index is 333. The molecule has 0 fully saturated rings. The molecule has 9 heteroatoms. The summed E-state index contributed by atoms with van der Waals surface area (Å²) >= 11 is 0. The van der Waals surface area contributed by atoms with E-state index in [4.69, 9.17) is 26.6 Å². The molecular formula is C15H38O6Si3. The first-order valence-corrected chi connectivity index (χ1v) is 15.9. The van der Waals surface area contributed by atoms with Gasteiger partial charge in [0.2, 0.25) is 0 Å². The van der Waals surface area contributed by atoms with Crippen molar-refractivity contribution in [1.82, 2.24) is 0 Å². The first-order valence-electron chi connectivity index (χ1n) is 8.49. The van der Waals surface area contributed by atoms with Crippen molar-refractivity contribution in [3.63, 3.8) is 0 Å². The van der Waals surface area contributed by atoms with Gasteiger partial charge in [0.1, 0.15) is 0 Å². The monoisotopic (exact) mass is 398 g/mol. The first-order chi connectivity index (χ1) is 11.2. The maximum absolute atomic E-state index is 5.82. The highest BCUT2D eigenvalue weighted by Gasteiger charge is 2.41. The number of hydrogen-bond acceptors (Lipinski definition) is 6. The van der Waals surface area contributed by atoms with Gasteiger partial charge in [-0.05, 0) is 44.6 Å². The summed E-state index contributed by atoms with van der Waals surface area (Å²) in [5.41, 5.74) is 0.386. The minimum Gasteiger partial charge on any atom is -0.398 e. The maximum atomic E-state index is 5.82. The van der Waals surface area contributed by atoms with Gasteiger partial charge in [0.15, 0.2) is 0 Å². The predicted molar refractivity (Wildman–Crippen MR) is 104 cm³/mol. The lowest BCUT2D eigenvalue weighted by Gasteiger charge is -2.34. The van der Waals surface area contributed by atoms with Gasteiger partial charge >= 0.3 is 25.7 Å². The summed E-state index contributed by atoms with van der Waals surface area (Å²) in [5.74, 6) is 0. The van der Waals surface area contributed by atoms with Gasteiger partial charge in [-0.1, -0.05) is 6.42 Å². The van der Waals surface area contributed by atoms with Gasteiger partial charge in [0.05, 0.1) is 0 Å². The number of hydrogen-bond donors (Lipinski definition) is 0. The largest absolute Gasteiger partial charge is 0.398 e. The minimum atomic E-state index is -2.22. The van der Waals surface area contributed by atoms with Crippen LogP contribution in [0.4, 0.5) is 0 Å². The molecule has 0 saturated heterocycles. The van der Waals surface area contributed by atoms with Crippen LogP contribution in [0.2, 0.25) is 37.3 Å². The van der Waals surface area contributed by atoms with Crippen molar-refractivity contribution in [2.75, 3.05) is 42.7 Å². The van der Waals surface area contributed by atoms with E-state index in [0.29, 0.717) is 5.54 Å². The Morgan fingerprint density at radius 3 is 1.38 bits per heavy atom. The summed E-state index contributed by atoms with van der Waals surface area (Å²) in [5, 5.41) is 0. The molecule has 0 N–H and O–H groups in total. The topological polar surface area (TPSA) is 55.4 Å². The second-order valence-corrected chi connectivity index (χ2v) is 17.5. The summed E-state index contributed by atoms with van der Waals surface area (Å²) in [7, 11) is 4.14. The van der Waals surface area contributed by atoms with E-state index in [1.54, 1.807) is 42.7 Å². The van der Waals surface area contributed by atoms with Crippen molar-refractivity contribution in [2.45, 2.75) is 56.5 Å². The van der Waals surface area contributed by atoms with Crippen LogP contribution in [0.1, 0.15) is 19.3 Å². The van der Waals surface area contributed by atoms with Crippen molar-refractivity contribution in [1.29, 1.82) is 0 Å². The van der Waals surface area contributed by atoms with Crippen LogP contribution >= 0.6 is 0 Å². The lowest BCUT2D eigenvalue weighted by Crippen LogP contribution is -2.44. The molecule has 0 aromatic rings. The van der Waals surface area contributed by atoms with Crippen LogP contribution in [-0.4, -0.2) is 68.3 Å². The summed E-state index contributed by atoms with van der Waals surface area (Å²) < 4.78 is 34.1. The van der Waals surface area contributed by atoms with E-state index >= 15 is 0 Å². The fourth-order valence-electron chi connectivity index (χ4n) is 2.77. The molecule has 0 radical (unpaired) electrons. The second kappa shape index (κ2) is 11.2. The highest BCUT2D eigenvalue weighted by Crippen LogP contribution is 2.36. The van der Waals surface area contributed by atoms with Gasteiger partial charge in [0, 0.05) is 48.2 Å². The molecule has 0 bridgehead atoms. The third-order valence-electron chi connectivity index (χ3n) is 5.41. The summed E-state index contributed by atoms with van der Waals surface area (Å²) in [4.78, 5) is 0. The molecule has 0 aliphatic rings. The highest BCUT2D eigenvalue weighted by atomic mass is 28.4. The molecule has 0 heterocycles. The first kappa shape index (κ1) is 24.4. The molecule has 0 saturated carbocycles. The van der Waals surface area contributed by atoms with Crippen LogP contribution in [0, 0.1) is 0 Å². The van der Waals surface area contributed by atoms with E-state index in [0.717, 1.165) is 31.4 Å². The Labute approximate surface area is 151 Å². The zero-order chi connectivity index (χ0) is 18.9. The quantitative estimate of drug-likeness (QED) is 0.417. The van der Waals surface area contributed by atoms with Crippen LogP contribution in [-0.2, 0) is 26.6 Å². The smallest absolute Gasteiger partial charge is 0.337 e. The van der Waals surface area contributed by atoms with Crippen LogP contribution in [0.3, 0.4) is 0 Å². The molecule has 24 heavy (non-hydrogen) atoms. The molecule has 0 amide bonds. The van der Waals surface area contributed by atoms with Gasteiger partial charge in [0.25, 0.3) is 0 Å². The Morgan fingerprint density at radius 1 is 0.583 bits per heavy atom. The lowest BCUT2D eigenvalue weighted by molar-refractivity contribution is 0.224. The zero-order valence-corrected chi connectivity index (χ0v) is 20.1. The molecule has 6 nitrogen and oxygen atoms in total. The fourth-order valence-corrected chi connectivity index (χ4v) is 8.15. The van der Waals surface area contributed by atoms with Gasteiger partial charge in [-0.2, -0.15) is 0 Å². The van der Waals surface area contributed by atoms with E-state index in [-0.39, 0.29) is 0 Å². The van der Waals surface area contributed by atoms with Crippen molar-refractivity contribution >= 4 is 25.7 Å². The normalized spacial score (nSPS) is 14.9. The SMILES string of the molecule is CO[Si](C)(CCCC(CC[Si](C)(OC)OC)[Si](C)(OC)OC)OC. The van der Waals surface area contributed by atoms with Crippen LogP contribution in [0.5, 0.6) is 0 Å². The average Bonchev–Trinajstić information content (AvgIpc) is 2.63. The van der Waals surface area contributed by atoms with Gasteiger partial charge < -0.3 is 26.6 Å². The Morgan fingerprint density at radius 2 is 1.00 bits per heavy atom. The third kappa shape index (κ3) is 7.34. The van der Waals surface area contributed by atoms with Crippen molar-refractivity contribution in [3.8, 4) is 0 Å². The Balaban J connectivity index is 4.90. The Kier molecular flexibility index (Phi) is 11.4. The molecule has 0 rings (SSSR count). The van der Waals surface area contributed by atoms with Gasteiger partial charge in [-0.25, -0.2) is 0 Å². The van der Waals surface area contributed by atoms with Crippen LogP contribution in [0.15, 0.2) is 0 Å². The van der Waals surface area contributed by atoms with E-state index in [2.05, 4.69) is 19.6 Å². The summed E-state index contributed by atoms with van der Waals surface area (Å²) in [6, 6.07) is 1.90. The van der Waals surface area contributed by atoms with Crippen molar-refractivity contribution in [3.05, 3.63) is 0 Å². The van der Waals surface area contributed by atoms with E-state index in [9.17, 15) is 0 Å². The van der Waals surface area contributed by atoms with E-state index < -0.39 is 25.7 Å². The molecule has 1 unspecified atom stereocenters. The average molecular weight is 399 g/mol. The second-order valence-electron chi connectivity index (χ2n) is 6.64. The maximum Gasteiger partial charge on any atom is 0.337 e. The Hall–Kier alpha value is 0.411. The number of rotatable bonds is 14. The minimum absolute atomic E-state index is 0.386. The van der Waals surface area contributed by atoms with Crippen molar-refractivity contribution in [2.24, 2.45) is 0 Å². The zero-order valence-electron chi connectivity index (χ0n) is 17.1. The van der Waals surface area contributed by atoms with Gasteiger partial charge in [-0.3, -0.25) is 0 Å². The summed E-state index contributed by atoms with van der Waals surface area (Å²) in [6.45, 7) is 6.34. The molecule has 0 aromatic heterocycles. The molecule has 0 spiro atoms. The third-order valence-corrected chi connectivity index (χ3v) is 15.0. The van der Waals surface area contributed by atoms with Crippen molar-refractivity contribution < 1.29 is 26.6 Å². The lowest BCUT2D eigenvalue weighted by atomic mass is 10.2. The van der Waals surface area contributed by atoms with Crippen LogP contribution < -0.4 is 0 Å². The fraction of sp³-hybridized carbons (Fsp3) is 1.00. The molecule has 1 atom stereocenters. The molecule has 0 aliphatic heterocycles. The molecule has 146 valence electrons. The van der Waals surface area contributed by atoms with Crippen LogP contribution in [0.25, 0.3) is 0 Å². The predicted octanol–water partition coefficient (Wildman–Crippen LogP) is 3.62. The van der Waals surface area contributed by atoms with E-state index in [1.165, 1.54) is 0 Å². The van der Waals surface area contributed by atoms with E-state index in [1.807, 2.05) is 0 Å². The van der Waals surface area contributed by atoms with Gasteiger partial charge in [-0.15, -0.1) is 0 Å². The highest BCUT2D eigenvalue weighted by molar-refractivity contribution is 6.69. The standard InChI is InChI=1S/C15H38O6Si3/c1-16-22(7,17-2)13-10-11-15(24(9,20-5)21-6)12-14-23(8,18-3)19-4/h15H,10-14H2,1-9H3. The molecule has 0 aromatic carbocycles. The molecular weight excluding hydrogens is 360 g/mol. The summed E-state index contributed by atoms with van der Waals surface area (Å²) in [6.07, 6.45) is 3.08. The molecule has 0 aliphatic carbocycles.